The van der Waals surface area contributed by atoms with E-state index in [1.54, 1.807) is 29.6 Å². The van der Waals surface area contributed by atoms with Crippen LogP contribution in [0.15, 0.2) is 54.6 Å². The fourth-order valence-corrected chi connectivity index (χ4v) is 4.32. The zero-order valence-electron chi connectivity index (χ0n) is 21.9. The Balaban J connectivity index is 1.41. The summed E-state index contributed by atoms with van der Waals surface area (Å²) in [7, 11) is 0. The van der Waals surface area contributed by atoms with Crippen LogP contribution in [-0.2, 0) is 6.54 Å². The van der Waals surface area contributed by atoms with E-state index in [4.69, 9.17) is 4.74 Å². The van der Waals surface area contributed by atoms with E-state index in [9.17, 15) is 31.1 Å². The van der Waals surface area contributed by atoms with Crippen LogP contribution < -0.4 is 19.7 Å². The first-order chi connectivity index (χ1) is 19.4. The summed E-state index contributed by atoms with van der Waals surface area (Å²) in [5, 5.41) is 9.45. The summed E-state index contributed by atoms with van der Waals surface area (Å²) in [6.45, 7) is 3.31. The van der Waals surface area contributed by atoms with Crippen LogP contribution in [-0.4, -0.2) is 72.9 Å². The molecule has 1 aliphatic heterocycles. The highest BCUT2D eigenvalue weighted by molar-refractivity contribution is 5.92. The van der Waals surface area contributed by atoms with Crippen LogP contribution in [0.2, 0.25) is 0 Å². The van der Waals surface area contributed by atoms with Crippen molar-refractivity contribution in [3.8, 4) is 22.6 Å². The van der Waals surface area contributed by atoms with Crippen LogP contribution in [0.1, 0.15) is 23.0 Å². The molecule has 3 aromatic rings. The number of benzene rings is 2. The molecule has 0 spiro atoms. The number of nitrogens with zero attached hydrogens (tertiary/aromatic N) is 4. The van der Waals surface area contributed by atoms with Crippen LogP contribution in [0.4, 0.5) is 32.2 Å². The lowest BCUT2D eigenvalue weighted by Crippen LogP contribution is -2.46. The third-order valence-corrected chi connectivity index (χ3v) is 6.11. The van der Waals surface area contributed by atoms with E-state index in [-0.39, 0.29) is 11.4 Å². The smallest absolute Gasteiger partial charge is 0.494 e. The van der Waals surface area contributed by atoms with Gasteiger partial charge in [0.1, 0.15) is 18.0 Å². The number of halogens is 6. The number of rotatable bonds is 9. The van der Waals surface area contributed by atoms with E-state index in [1.807, 2.05) is 17.9 Å². The second-order valence-electron chi connectivity index (χ2n) is 9.21. The van der Waals surface area contributed by atoms with Crippen molar-refractivity contribution in [1.29, 1.82) is 0 Å². The van der Waals surface area contributed by atoms with E-state index in [0.717, 1.165) is 0 Å². The van der Waals surface area contributed by atoms with E-state index in [2.05, 4.69) is 19.8 Å². The molecule has 0 saturated carbocycles. The first-order valence-electron chi connectivity index (χ1n) is 12.7. The summed E-state index contributed by atoms with van der Waals surface area (Å²) < 4.78 is 85.9. The maximum atomic E-state index is 13.1. The molecule has 8 nitrogen and oxygen atoms in total. The molecule has 0 unspecified atom stereocenters. The molecule has 0 radical (unpaired) electrons. The van der Waals surface area contributed by atoms with Crippen LogP contribution in [0.5, 0.6) is 11.5 Å². The van der Waals surface area contributed by atoms with Crippen LogP contribution >= 0.6 is 0 Å². The Morgan fingerprint density at radius 3 is 2.27 bits per heavy atom. The molecule has 2 heterocycles. The Labute approximate surface area is 231 Å². The van der Waals surface area contributed by atoms with E-state index >= 15 is 0 Å². The summed E-state index contributed by atoms with van der Waals surface area (Å²) in [5.41, 5.74) is 1.63. The molecule has 0 aliphatic carbocycles. The summed E-state index contributed by atoms with van der Waals surface area (Å²) in [5.74, 6) is -0.246. The molecule has 1 saturated heterocycles. The summed E-state index contributed by atoms with van der Waals surface area (Å²) >= 11 is 0. The van der Waals surface area contributed by atoms with Crippen molar-refractivity contribution < 1.29 is 40.6 Å². The van der Waals surface area contributed by atoms with Crippen molar-refractivity contribution in [2.24, 2.45) is 0 Å². The molecule has 0 bridgehead atoms. The van der Waals surface area contributed by atoms with Gasteiger partial charge in [0.25, 0.3) is 5.91 Å². The van der Waals surface area contributed by atoms with Crippen molar-refractivity contribution in [3.05, 3.63) is 65.9 Å². The third-order valence-electron chi connectivity index (χ3n) is 6.11. The number of piperazine rings is 1. The predicted molar refractivity (Wildman–Crippen MR) is 138 cm³/mol. The van der Waals surface area contributed by atoms with Gasteiger partial charge in [0.05, 0.1) is 6.61 Å². The van der Waals surface area contributed by atoms with Crippen LogP contribution in [0.3, 0.4) is 0 Å². The van der Waals surface area contributed by atoms with Gasteiger partial charge in [-0.05, 0) is 66.1 Å². The Kier molecular flexibility index (Phi) is 9.21. The molecule has 4 rings (SSSR count). The zero-order chi connectivity index (χ0) is 29.6. The number of alkyl halides is 6. The number of nitrogens with one attached hydrogen (secondary N) is 1. The first kappa shape index (κ1) is 29.9. The highest BCUT2D eigenvalue weighted by atomic mass is 19.4. The SMILES string of the molecule is CCOc1cccc(-c2cc(CN3CCN(c4ccc(C(=O)NCC(F)(F)F)nn4)CC3)cc(OC(F)(F)F)c2)c1. The fraction of sp³-hybridized carbons (Fsp3) is 0.370. The lowest BCUT2D eigenvalue weighted by atomic mass is 10.0. The maximum absolute atomic E-state index is 13.1. The molecule has 2 aromatic carbocycles. The van der Waals surface area contributed by atoms with Gasteiger partial charge in [-0.1, -0.05) is 12.1 Å². The molecule has 14 heteroatoms. The average molecular weight is 584 g/mol. The van der Waals surface area contributed by atoms with Crippen molar-refractivity contribution >= 4 is 11.7 Å². The minimum atomic E-state index is -4.84. The number of aromatic nitrogens is 2. The molecule has 0 atom stereocenters. The largest absolute Gasteiger partial charge is 0.573 e. The van der Waals surface area contributed by atoms with E-state index in [1.165, 1.54) is 24.3 Å². The molecule has 1 aliphatic rings. The fourth-order valence-electron chi connectivity index (χ4n) is 4.32. The molecule has 1 fully saturated rings. The Hall–Kier alpha value is -4.07. The predicted octanol–water partition coefficient (Wildman–Crippen LogP) is 5.06. The molecular weight excluding hydrogens is 556 g/mol. The standard InChI is InChI=1S/C27H27F6N5O3/c1-2-40-21-5-3-4-19(14-21)20-12-18(13-22(15-20)41-27(31,32)33)16-37-8-10-38(11-9-37)24-7-6-23(35-36-24)25(39)34-17-26(28,29)30/h3-7,12-15H,2,8-11,16-17H2,1H3,(H,34,39). The Morgan fingerprint density at radius 1 is 0.902 bits per heavy atom. The van der Waals surface area contributed by atoms with Gasteiger partial charge in [-0.2, -0.15) is 13.2 Å². The molecule has 41 heavy (non-hydrogen) atoms. The normalized spacial score (nSPS) is 14.6. The molecule has 1 amide bonds. The summed E-state index contributed by atoms with van der Waals surface area (Å²) in [6.07, 6.45) is -9.38. The van der Waals surface area contributed by atoms with E-state index < -0.39 is 25.0 Å². The topological polar surface area (TPSA) is 79.8 Å². The maximum Gasteiger partial charge on any atom is 0.573 e. The van der Waals surface area contributed by atoms with Crippen molar-refractivity contribution in [2.45, 2.75) is 26.0 Å². The van der Waals surface area contributed by atoms with Gasteiger partial charge in [-0.25, -0.2) is 0 Å². The number of anilines is 1. The van der Waals surface area contributed by atoms with Gasteiger partial charge in [0.2, 0.25) is 0 Å². The average Bonchev–Trinajstić information content (AvgIpc) is 2.91. The van der Waals surface area contributed by atoms with Gasteiger partial charge in [-0.3, -0.25) is 9.69 Å². The summed E-state index contributed by atoms with van der Waals surface area (Å²) in [4.78, 5) is 15.8. The van der Waals surface area contributed by atoms with Gasteiger partial charge in [0, 0.05) is 32.7 Å². The first-order valence-corrected chi connectivity index (χ1v) is 12.7. The summed E-state index contributed by atoms with van der Waals surface area (Å²) in [6, 6.07) is 14.4. The molecule has 220 valence electrons. The van der Waals surface area contributed by atoms with E-state index in [0.29, 0.717) is 67.6 Å². The van der Waals surface area contributed by atoms with Gasteiger partial charge in [0.15, 0.2) is 11.5 Å². The highest BCUT2D eigenvalue weighted by Crippen LogP contribution is 2.32. The van der Waals surface area contributed by atoms with Gasteiger partial charge in [-0.15, -0.1) is 23.4 Å². The number of carbonyl (C=O) groups excluding carboxylic acids is 1. The third kappa shape index (κ3) is 8.96. The number of amides is 1. The Morgan fingerprint density at radius 2 is 1.63 bits per heavy atom. The highest BCUT2D eigenvalue weighted by Gasteiger charge is 2.32. The van der Waals surface area contributed by atoms with Gasteiger partial charge < -0.3 is 19.7 Å². The minimum Gasteiger partial charge on any atom is -0.494 e. The monoisotopic (exact) mass is 583 g/mol. The van der Waals surface area contributed by atoms with Crippen LogP contribution in [0, 0.1) is 0 Å². The molecule has 1 aromatic heterocycles. The van der Waals surface area contributed by atoms with Crippen molar-refractivity contribution in [2.75, 3.05) is 44.2 Å². The van der Waals surface area contributed by atoms with Crippen molar-refractivity contribution in [3.63, 3.8) is 0 Å². The number of ether oxygens (including phenoxy) is 2. The van der Waals surface area contributed by atoms with Crippen LogP contribution in [0.25, 0.3) is 11.1 Å². The van der Waals surface area contributed by atoms with Gasteiger partial charge >= 0.3 is 12.5 Å². The lowest BCUT2D eigenvalue weighted by molar-refractivity contribution is -0.274. The second kappa shape index (κ2) is 12.6. The number of carbonyl (C=O) groups is 1. The quantitative estimate of drug-likeness (QED) is 0.353. The second-order valence-corrected chi connectivity index (χ2v) is 9.21. The lowest BCUT2D eigenvalue weighted by Gasteiger charge is -2.35. The molecular formula is C27H27F6N5O3. The Bertz CT molecular complexity index is 1330. The number of hydrogen-bond acceptors (Lipinski definition) is 7. The molecule has 1 N–H and O–H groups in total. The van der Waals surface area contributed by atoms with Crippen molar-refractivity contribution in [1.82, 2.24) is 20.4 Å². The number of hydrogen-bond donors (Lipinski definition) is 1. The zero-order valence-corrected chi connectivity index (χ0v) is 21.9. The minimum absolute atomic E-state index is 0.236.